The second kappa shape index (κ2) is 12.4. The van der Waals surface area contributed by atoms with Crippen LogP contribution in [0.2, 0.25) is 0 Å². The van der Waals surface area contributed by atoms with Gasteiger partial charge in [-0.15, -0.1) is 0 Å². The summed E-state index contributed by atoms with van der Waals surface area (Å²) in [4.78, 5) is 21.3. The summed E-state index contributed by atoms with van der Waals surface area (Å²) < 4.78 is 20.1. The van der Waals surface area contributed by atoms with Gasteiger partial charge in [0.15, 0.2) is 0 Å². The molecule has 8 heteroatoms. The van der Waals surface area contributed by atoms with Crippen LogP contribution < -0.4 is 18.9 Å². The largest absolute Gasteiger partial charge is 0.497 e. The van der Waals surface area contributed by atoms with Gasteiger partial charge in [-0.25, -0.2) is 0 Å². The molecule has 0 saturated heterocycles. The number of benzene rings is 2. The van der Waals surface area contributed by atoms with Gasteiger partial charge in [-0.05, 0) is 35.4 Å². The topological polar surface area (TPSA) is 119 Å². The second-order valence-corrected chi connectivity index (χ2v) is 5.78. The standard InChI is InChI=1S/2C11H11NO3/c2*1-14-10-3-8(9(6-12)7-13)4-11(5-10)15-2/h2*3-5,7,9H,1-2H3. The van der Waals surface area contributed by atoms with Gasteiger partial charge < -0.3 is 28.5 Å². The van der Waals surface area contributed by atoms with Gasteiger partial charge in [-0.2, -0.15) is 10.5 Å². The molecule has 0 saturated carbocycles. The van der Waals surface area contributed by atoms with E-state index in [1.165, 1.54) is 28.4 Å². The Balaban J connectivity index is 0.000000300. The lowest BCUT2D eigenvalue weighted by atomic mass is 10.0. The molecule has 0 radical (unpaired) electrons. The van der Waals surface area contributed by atoms with Crippen LogP contribution in [0, 0.1) is 22.7 Å². The Kier molecular flexibility index (Phi) is 9.94. The number of rotatable bonds is 8. The van der Waals surface area contributed by atoms with Gasteiger partial charge in [0.25, 0.3) is 0 Å². The third-order valence-corrected chi connectivity index (χ3v) is 4.02. The van der Waals surface area contributed by atoms with E-state index in [0.717, 1.165) is 0 Å². The molecule has 30 heavy (non-hydrogen) atoms. The van der Waals surface area contributed by atoms with Crippen molar-refractivity contribution in [2.24, 2.45) is 0 Å². The molecule has 0 aliphatic heterocycles. The van der Waals surface area contributed by atoms with Gasteiger partial charge in [-0.1, -0.05) is 0 Å². The van der Waals surface area contributed by atoms with Crippen LogP contribution in [0.3, 0.4) is 0 Å². The van der Waals surface area contributed by atoms with Gasteiger partial charge in [0.2, 0.25) is 0 Å². The van der Waals surface area contributed by atoms with E-state index in [1.54, 1.807) is 36.4 Å². The van der Waals surface area contributed by atoms with Crippen molar-refractivity contribution in [3.63, 3.8) is 0 Å². The predicted octanol–water partition coefficient (Wildman–Crippen LogP) is 3.02. The lowest BCUT2D eigenvalue weighted by molar-refractivity contribution is -0.108. The number of methoxy groups -OCH3 is 4. The fourth-order valence-corrected chi connectivity index (χ4v) is 2.39. The van der Waals surface area contributed by atoms with E-state index < -0.39 is 11.8 Å². The van der Waals surface area contributed by atoms with E-state index in [9.17, 15) is 9.59 Å². The van der Waals surface area contributed by atoms with Crippen molar-refractivity contribution in [3.05, 3.63) is 47.5 Å². The molecule has 8 nitrogen and oxygen atoms in total. The van der Waals surface area contributed by atoms with Crippen LogP contribution in [0.5, 0.6) is 23.0 Å². The van der Waals surface area contributed by atoms with Crippen LogP contribution >= 0.6 is 0 Å². The van der Waals surface area contributed by atoms with Gasteiger partial charge in [0.1, 0.15) is 47.4 Å². The molecular formula is C22H22N2O6. The molecule has 0 fully saturated rings. The Morgan fingerprint density at radius 2 is 0.900 bits per heavy atom. The highest BCUT2D eigenvalue weighted by molar-refractivity contribution is 5.68. The molecule has 0 bridgehead atoms. The molecule has 0 spiro atoms. The molecule has 156 valence electrons. The maximum absolute atomic E-state index is 10.6. The average molecular weight is 410 g/mol. The summed E-state index contributed by atoms with van der Waals surface area (Å²) in [6, 6.07) is 13.7. The zero-order valence-corrected chi connectivity index (χ0v) is 17.1. The van der Waals surface area contributed by atoms with E-state index in [4.69, 9.17) is 29.5 Å². The van der Waals surface area contributed by atoms with E-state index in [1.807, 2.05) is 12.1 Å². The van der Waals surface area contributed by atoms with E-state index in [0.29, 0.717) is 46.7 Å². The van der Waals surface area contributed by atoms with Crippen LogP contribution in [0.4, 0.5) is 0 Å². The van der Waals surface area contributed by atoms with Gasteiger partial charge in [-0.3, -0.25) is 0 Å². The van der Waals surface area contributed by atoms with Gasteiger partial charge >= 0.3 is 0 Å². The van der Waals surface area contributed by atoms with Crippen molar-refractivity contribution in [2.45, 2.75) is 11.8 Å². The normalized spacial score (nSPS) is 11.3. The molecule has 2 atom stereocenters. The number of ether oxygens (including phenoxy) is 4. The summed E-state index contributed by atoms with van der Waals surface area (Å²) >= 11 is 0. The molecule has 0 aliphatic rings. The summed E-state index contributed by atoms with van der Waals surface area (Å²) in [5.74, 6) is 0.679. The van der Waals surface area contributed by atoms with Crippen molar-refractivity contribution < 1.29 is 28.5 Å². The molecule has 0 heterocycles. The first kappa shape index (κ1) is 24.0. The first-order valence-electron chi connectivity index (χ1n) is 8.65. The van der Waals surface area contributed by atoms with Crippen molar-refractivity contribution in [1.29, 1.82) is 10.5 Å². The van der Waals surface area contributed by atoms with Gasteiger partial charge in [0, 0.05) is 12.1 Å². The van der Waals surface area contributed by atoms with Crippen molar-refractivity contribution >= 4 is 12.6 Å². The second-order valence-electron chi connectivity index (χ2n) is 5.78. The predicted molar refractivity (Wildman–Crippen MR) is 108 cm³/mol. The minimum absolute atomic E-state index is 0.562. The summed E-state index contributed by atoms with van der Waals surface area (Å²) in [5, 5.41) is 17.5. The number of hydrogen-bond donors (Lipinski definition) is 0. The minimum Gasteiger partial charge on any atom is -0.497 e. The highest BCUT2D eigenvalue weighted by Crippen LogP contribution is 2.27. The zero-order chi connectivity index (χ0) is 22.5. The molecule has 2 aromatic carbocycles. The SMILES string of the molecule is COc1cc(OC)cc(C(C#N)C=O)c1.COc1cc(OC)cc(C(C#N)C=O)c1. The Labute approximate surface area is 175 Å². The summed E-state index contributed by atoms with van der Waals surface area (Å²) in [7, 11) is 6.06. The van der Waals surface area contributed by atoms with Crippen LogP contribution in [0.15, 0.2) is 36.4 Å². The number of nitriles is 2. The quantitative estimate of drug-likeness (QED) is 0.609. The zero-order valence-electron chi connectivity index (χ0n) is 17.1. The number of hydrogen-bond acceptors (Lipinski definition) is 8. The van der Waals surface area contributed by atoms with Crippen LogP contribution in [-0.4, -0.2) is 41.0 Å². The highest BCUT2D eigenvalue weighted by Gasteiger charge is 2.12. The molecule has 0 aromatic heterocycles. The Hall–Kier alpha value is -4.04. The lowest BCUT2D eigenvalue weighted by Crippen LogP contribution is -1.98. The fourth-order valence-electron chi connectivity index (χ4n) is 2.39. The summed E-state index contributed by atoms with van der Waals surface area (Å²) in [5.41, 5.74) is 1.15. The summed E-state index contributed by atoms with van der Waals surface area (Å²) in [6.45, 7) is 0. The Bertz CT molecular complexity index is 824. The summed E-state index contributed by atoms with van der Waals surface area (Å²) in [6.07, 6.45) is 1.18. The van der Waals surface area contributed by atoms with E-state index >= 15 is 0 Å². The molecular weight excluding hydrogens is 388 g/mol. The van der Waals surface area contributed by atoms with Crippen LogP contribution in [-0.2, 0) is 9.59 Å². The number of aldehydes is 2. The van der Waals surface area contributed by atoms with E-state index in [2.05, 4.69) is 0 Å². The first-order valence-corrected chi connectivity index (χ1v) is 8.65. The minimum atomic E-state index is -0.783. The molecule has 0 N–H and O–H groups in total. The third-order valence-electron chi connectivity index (χ3n) is 4.02. The van der Waals surface area contributed by atoms with Crippen molar-refractivity contribution in [2.75, 3.05) is 28.4 Å². The number of carbonyl (C=O) groups excluding carboxylic acids is 2. The molecule has 0 amide bonds. The molecule has 0 aliphatic carbocycles. The monoisotopic (exact) mass is 410 g/mol. The number of nitrogens with zero attached hydrogens (tertiary/aromatic N) is 2. The maximum Gasteiger partial charge on any atom is 0.141 e. The number of carbonyl (C=O) groups is 2. The van der Waals surface area contributed by atoms with Gasteiger partial charge in [0.05, 0.1) is 40.6 Å². The van der Waals surface area contributed by atoms with E-state index in [-0.39, 0.29) is 0 Å². The maximum atomic E-state index is 10.6. The Morgan fingerprint density at radius 3 is 1.07 bits per heavy atom. The Morgan fingerprint density at radius 1 is 0.633 bits per heavy atom. The molecule has 2 unspecified atom stereocenters. The molecule has 2 aromatic rings. The van der Waals surface area contributed by atoms with Crippen LogP contribution in [0.25, 0.3) is 0 Å². The first-order chi connectivity index (χ1) is 14.5. The van der Waals surface area contributed by atoms with Crippen molar-refractivity contribution in [1.82, 2.24) is 0 Å². The smallest absolute Gasteiger partial charge is 0.141 e. The lowest BCUT2D eigenvalue weighted by Gasteiger charge is -2.08. The highest BCUT2D eigenvalue weighted by atomic mass is 16.5. The fraction of sp³-hybridized carbons (Fsp3) is 0.273. The van der Waals surface area contributed by atoms with Crippen molar-refractivity contribution in [3.8, 4) is 35.1 Å². The third kappa shape index (κ3) is 6.54. The average Bonchev–Trinajstić information content (AvgIpc) is 2.80. The molecule has 2 rings (SSSR count). The van der Waals surface area contributed by atoms with Crippen LogP contribution in [0.1, 0.15) is 23.0 Å².